The number of ether oxygens (including phenoxy) is 2. The average Bonchev–Trinajstić information content (AvgIpc) is 3.37. The molecule has 1 saturated heterocycles. The van der Waals surface area contributed by atoms with Crippen molar-refractivity contribution in [1.29, 1.82) is 0 Å². The summed E-state index contributed by atoms with van der Waals surface area (Å²) in [5.74, 6) is 1.58. The van der Waals surface area contributed by atoms with Gasteiger partial charge in [0.05, 0.1) is 19.3 Å². The van der Waals surface area contributed by atoms with E-state index in [4.69, 9.17) is 9.47 Å². The van der Waals surface area contributed by atoms with Gasteiger partial charge >= 0.3 is 0 Å². The number of methoxy groups -OCH3 is 1. The molecule has 0 spiro atoms. The Labute approximate surface area is 171 Å². The molecule has 3 aromatic carbocycles. The standard InChI is InChI=1S/C27H22O2/c1-28-23-14-8-13-20-25(23)27-22-16-19(17-9-4-2-5-10-17)15-21(24(22)26(20)29-27)18-11-6-3-7-12-18/h2-16,22,24,26-27H,1H3/t22-,24+,26-,27-/m1/s1. The van der Waals surface area contributed by atoms with Crippen LogP contribution in [0.25, 0.3) is 11.1 Å². The van der Waals surface area contributed by atoms with Crippen molar-refractivity contribution in [2.75, 3.05) is 7.11 Å². The monoisotopic (exact) mass is 378 g/mol. The van der Waals surface area contributed by atoms with E-state index in [9.17, 15) is 0 Å². The third-order valence-corrected chi connectivity index (χ3v) is 6.55. The van der Waals surface area contributed by atoms with E-state index in [1.165, 1.54) is 33.4 Å². The van der Waals surface area contributed by atoms with E-state index in [-0.39, 0.29) is 12.2 Å². The van der Waals surface area contributed by atoms with Crippen molar-refractivity contribution in [3.8, 4) is 5.75 Å². The smallest absolute Gasteiger partial charge is 0.125 e. The molecule has 2 bridgehead atoms. The zero-order valence-corrected chi connectivity index (χ0v) is 16.3. The second-order valence-corrected chi connectivity index (χ2v) is 8.00. The molecule has 0 radical (unpaired) electrons. The van der Waals surface area contributed by atoms with Gasteiger partial charge in [-0.2, -0.15) is 0 Å². The molecule has 0 aromatic heterocycles. The molecule has 29 heavy (non-hydrogen) atoms. The topological polar surface area (TPSA) is 18.5 Å². The lowest BCUT2D eigenvalue weighted by molar-refractivity contribution is 0.0601. The van der Waals surface area contributed by atoms with Gasteiger partial charge in [-0.05, 0) is 33.9 Å². The highest BCUT2D eigenvalue weighted by molar-refractivity contribution is 5.88. The molecule has 3 aliphatic rings. The third-order valence-electron chi connectivity index (χ3n) is 6.55. The van der Waals surface area contributed by atoms with Crippen molar-refractivity contribution < 1.29 is 9.47 Å². The summed E-state index contributed by atoms with van der Waals surface area (Å²) in [6.07, 6.45) is 4.92. The normalized spacial score (nSPS) is 26.4. The molecule has 1 fully saturated rings. The van der Waals surface area contributed by atoms with Crippen molar-refractivity contribution in [2.24, 2.45) is 11.8 Å². The van der Waals surface area contributed by atoms with Gasteiger partial charge in [-0.15, -0.1) is 0 Å². The van der Waals surface area contributed by atoms with Crippen LogP contribution < -0.4 is 4.74 Å². The van der Waals surface area contributed by atoms with Crippen LogP contribution >= 0.6 is 0 Å². The molecule has 2 heterocycles. The van der Waals surface area contributed by atoms with Crippen molar-refractivity contribution in [2.45, 2.75) is 12.2 Å². The minimum Gasteiger partial charge on any atom is -0.496 e. The predicted octanol–water partition coefficient (Wildman–Crippen LogP) is 6.23. The highest BCUT2D eigenvalue weighted by Crippen LogP contribution is 2.64. The number of allylic oxidation sites excluding steroid dienone is 2. The van der Waals surface area contributed by atoms with E-state index < -0.39 is 0 Å². The van der Waals surface area contributed by atoms with Crippen molar-refractivity contribution in [3.05, 3.63) is 113 Å². The van der Waals surface area contributed by atoms with E-state index in [1.54, 1.807) is 7.11 Å². The van der Waals surface area contributed by atoms with Crippen LogP contribution in [0.15, 0.2) is 91.0 Å². The lowest BCUT2D eigenvalue weighted by Crippen LogP contribution is -2.24. The average molecular weight is 378 g/mol. The van der Waals surface area contributed by atoms with Gasteiger partial charge in [-0.3, -0.25) is 0 Å². The van der Waals surface area contributed by atoms with Crippen molar-refractivity contribution >= 4 is 11.1 Å². The summed E-state index contributed by atoms with van der Waals surface area (Å²) < 4.78 is 12.3. The first-order valence-electron chi connectivity index (χ1n) is 10.2. The minimum absolute atomic E-state index is 0.0438. The summed E-state index contributed by atoms with van der Waals surface area (Å²) in [7, 11) is 1.75. The number of rotatable bonds is 3. The first-order chi connectivity index (χ1) is 14.3. The molecule has 1 aliphatic carbocycles. The zero-order valence-electron chi connectivity index (χ0n) is 16.3. The predicted molar refractivity (Wildman–Crippen MR) is 115 cm³/mol. The number of hydrogen-bond acceptors (Lipinski definition) is 2. The van der Waals surface area contributed by atoms with Crippen LogP contribution in [0, 0.1) is 11.8 Å². The van der Waals surface area contributed by atoms with Crippen LogP contribution in [0.4, 0.5) is 0 Å². The Balaban J connectivity index is 1.54. The van der Waals surface area contributed by atoms with E-state index in [0.29, 0.717) is 11.8 Å². The number of fused-ring (bicyclic) bond motifs is 8. The molecule has 2 heteroatoms. The minimum atomic E-state index is 0.0438. The van der Waals surface area contributed by atoms with Crippen LogP contribution in [0.3, 0.4) is 0 Å². The van der Waals surface area contributed by atoms with Crippen LogP contribution in [-0.4, -0.2) is 7.11 Å². The Morgan fingerprint density at radius 2 is 1.48 bits per heavy atom. The Kier molecular flexibility index (Phi) is 3.75. The highest BCUT2D eigenvalue weighted by Gasteiger charge is 2.54. The summed E-state index contributed by atoms with van der Waals surface area (Å²) in [6.45, 7) is 0. The molecule has 142 valence electrons. The Morgan fingerprint density at radius 1 is 0.759 bits per heavy atom. The molecule has 3 aromatic rings. The summed E-state index contributed by atoms with van der Waals surface area (Å²) in [6, 6.07) is 27.8. The lowest BCUT2D eigenvalue weighted by atomic mass is 9.67. The van der Waals surface area contributed by atoms with Crippen LogP contribution in [-0.2, 0) is 4.74 Å². The zero-order chi connectivity index (χ0) is 19.4. The quantitative estimate of drug-likeness (QED) is 0.537. The molecule has 0 saturated carbocycles. The fourth-order valence-electron chi connectivity index (χ4n) is 5.34. The molecule has 2 nitrogen and oxygen atoms in total. The number of benzene rings is 3. The fraction of sp³-hybridized carbons (Fsp3) is 0.185. The van der Waals surface area contributed by atoms with Gasteiger partial charge in [-0.1, -0.05) is 84.9 Å². The fourth-order valence-corrected chi connectivity index (χ4v) is 5.34. The van der Waals surface area contributed by atoms with Gasteiger partial charge in [-0.25, -0.2) is 0 Å². The van der Waals surface area contributed by atoms with Gasteiger partial charge in [0.25, 0.3) is 0 Å². The van der Waals surface area contributed by atoms with Gasteiger partial charge in [0.15, 0.2) is 0 Å². The largest absolute Gasteiger partial charge is 0.496 e. The van der Waals surface area contributed by atoms with Crippen LogP contribution in [0.5, 0.6) is 5.75 Å². The Bertz CT molecular complexity index is 1130. The second kappa shape index (κ2) is 6.47. The maximum Gasteiger partial charge on any atom is 0.125 e. The van der Waals surface area contributed by atoms with Gasteiger partial charge in [0.1, 0.15) is 5.75 Å². The summed E-state index contributed by atoms with van der Waals surface area (Å²) in [4.78, 5) is 0. The maximum absolute atomic E-state index is 6.60. The van der Waals surface area contributed by atoms with Gasteiger partial charge < -0.3 is 9.47 Å². The van der Waals surface area contributed by atoms with Gasteiger partial charge in [0.2, 0.25) is 0 Å². The third kappa shape index (κ3) is 2.46. The first-order valence-corrected chi connectivity index (χ1v) is 10.2. The van der Waals surface area contributed by atoms with Crippen LogP contribution in [0.1, 0.15) is 34.5 Å². The molecule has 2 aliphatic heterocycles. The summed E-state index contributed by atoms with van der Waals surface area (Å²) in [5, 5.41) is 0. The summed E-state index contributed by atoms with van der Waals surface area (Å²) >= 11 is 0. The lowest BCUT2D eigenvalue weighted by Gasteiger charge is -2.34. The van der Waals surface area contributed by atoms with E-state index in [1.807, 2.05) is 0 Å². The number of hydrogen-bond donors (Lipinski definition) is 0. The molecule has 0 N–H and O–H groups in total. The molecule has 0 unspecified atom stereocenters. The molecule has 6 rings (SSSR count). The Morgan fingerprint density at radius 3 is 2.21 bits per heavy atom. The van der Waals surface area contributed by atoms with Gasteiger partial charge in [0, 0.05) is 17.4 Å². The van der Waals surface area contributed by atoms with E-state index in [0.717, 1.165) is 5.75 Å². The summed E-state index contributed by atoms with van der Waals surface area (Å²) in [5.41, 5.74) is 7.71. The van der Waals surface area contributed by atoms with Crippen LogP contribution in [0.2, 0.25) is 0 Å². The molecular weight excluding hydrogens is 356 g/mol. The van der Waals surface area contributed by atoms with E-state index >= 15 is 0 Å². The molecule has 4 atom stereocenters. The second-order valence-electron chi connectivity index (χ2n) is 8.00. The molecule has 0 amide bonds. The highest BCUT2D eigenvalue weighted by atomic mass is 16.5. The first kappa shape index (κ1) is 16.8. The van der Waals surface area contributed by atoms with Crippen molar-refractivity contribution in [1.82, 2.24) is 0 Å². The maximum atomic E-state index is 6.60. The molecular formula is C27H22O2. The van der Waals surface area contributed by atoms with Crippen molar-refractivity contribution in [3.63, 3.8) is 0 Å². The van der Waals surface area contributed by atoms with E-state index in [2.05, 4.69) is 91.0 Å². The SMILES string of the molecule is COc1cccc2c1[C@@H]1O[C@H]2[C@H]2C(c3ccccc3)=CC(c3ccccc3)=C[C@H]21. The Hall–Kier alpha value is -3.10.